The summed E-state index contributed by atoms with van der Waals surface area (Å²) in [6.07, 6.45) is 5.48. The number of nitrogens with one attached hydrogen (secondary N) is 1. The Hall–Kier alpha value is -2.51. The second-order valence-corrected chi connectivity index (χ2v) is 8.18. The second kappa shape index (κ2) is 9.53. The lowest BCUT2D eigenvalue weighted by Gasteiger charge is -2.30. The molecule has 0 unspecified atom stereocenters. The topological polar surface area (TPSA) is 76.6 Å². The first-order valence-electron chi connectivity index (χ1n) is 10.8. The number of hydrogen-bond donors (Lipinski definition) is 1. The predicted octanol–water partition coefficient (Wildman–Crippen LogP) is 3.71. The third kappa shape index (κ3) is 4.96. The van der Waals surface area contributed by atoms with E-state index in [4.69, 9.17) is 9.47 Å². The zero-order valence-corrected chi connectivity index (χ0v) is 17.8. The Bertz CT molecular complexity index is 885. The Labute approximate surface area is 177 Å². The van der Waals surface area contributed by atoms with E-state index in [1.807, 2.05) is 13.0 Å². The smallest absolute Gasteiger partial charge is 0.189 e. The largest absolute Gasteiger partial charge is 0.467 e. The van der Waals surface area contributed by atoms with Gasteiger partial charge in [0.05, 0.1) is 0 Å². The highest BCUT2D eigenvalue weighted by atomic mass is 16.7. The van der Waals surface area contributed by atoms with Crippen molar-refractivity contribution in [2.24, 2.45) is 0 Å². The van der Waals surface area contributed by atoms with Gasteiger partial charge >= 0.3 is 0 Å². The Balaban J connectivity index is 1.63. The normalized spacial score (nSPS) is 19.5. The summed E-state index contributed by atoms with van der Waals surface area (Å²) >= 11 is 0. The molecule has 1 N–H and O–H groups in total. The van der Waals surface area contributed by atoms with Crippen LogP contribution in [0.3, 0.4) is 0 Å². The van der Waals surface area contributed by atoms with Crippen LogP contribution in [0.5, 0.6) is 5.75 Å². The molecular weight excluding hydrogens is 380 g/mol. The van der Waals surface area contributed by atoms with Gasteiger partial charge in [0.25, 0.3) is 0 Å². The van der Waals surface area contributed by atoms with Crippen molar-refractivity contribution in [3.8, 4) is 17.0 Å². The van der Waals surface area contributed by atoms with Crippen molar-refractivity contribution in [1.82, 2.24) is 15.1 Å². The van der Waals surface area contributed by atoms with Crippen molar-refractivity contribution in [3.05, 3.63) is 35.4 Å². The molecule has 160 valence electrons. The lowest BCUT2D eigenvalue weighted by atomic mass is 10.0. The zero-order valence-electron chi connectivity index (χ0n) is 17.8. The molecule has 0 bridgehead atoms. The van der Waals surface area contributed by atoms with Gasteiger partial charge in [-0.15, -0.1) is 10.2 Å². The maximum Gasteiger partial charge on any atom is 0.189 e. The van der Waals surface area contributed by atoms with E-state index in [1.54, 1.807) is 12.1 Å². The van der Waals surface area contributed by atoms with E-state index in [9.17, 15) is 4.79 Å². The average Bonchev–Trinajstić information content (AvgIpc) is 3.59. The highest BCUT2D eigenvalue weighted by molar-refractivity contribution is 5.80. The molecule has 30 heavy (non-hydrogen) atoms. The van der Waals surface area contributed by atoms with Crippen molar-refractivity contribution in [2.75, 3.05) is 38.9 Å². The molecule has 7 heteroatoms. The molecule has 2 aromatic rings. The number of aldehydes is 1. The van der Waals surface area contributed by atoms with Crippen LogP contribution in [-0.4, -0.2) is 61.0 Å². The lowest BCUT2D eigenvalue weighted by molar-refractivity contribution is 0.0227. The van der Waals surface area contributed by atoms with Gasteiger partial charge in [-0.3, -0.25) is 4.79 Å². The van der Waals surface area contributed by atoms with Gasteiger partial charge in [-0.05, 0) is 75.9 Å². The molecule has 0 amide bonds. The third-order valence-corrected chi connectivity index (χ3v) is 5.72. The lowest BCUT2D eigenvalue weighted by Crippen LogP contribution is -2.39. The van der Waals surface area contributed by atoms with E-state index in [0.717, 1.165) is 55.7 Å². The van der Waals surface area contributed by atoms with Crippen LogP contribution in [-0.2, 0) is 4.74 Å². The molecule has 1 atom stereocenters. The van der Waals surface area contributed by atoms with E-state index in [0.29, 0.717) is 29.9 Å². The van der Waals surface area contributed by atoms with E-state index in [-0.39, 0.29) is 6.79 Å². The SMILES string of the molecule is CCOCOc1cc(C=O)ccc1-c1nnc(N[C@@H]2CCCN(C)C2)cc1C1CC1. The average molecular weight is 411 g/mol. The second-order valence-electron chi connectivity index (χ2n) is 8.18. The summed E-state index contributed by atoms with van der Waals surface area (Å²) in [7, 11) is 2.16. The van der Waals surface area contributed by atoms with E-state index < -0.39 is 0 Å². The number of anilines is 1. The number of hydrogen-bond acceptors (Lipinski definition) is 7. The van der Waals surface area contributed by atoms with Crippen molar-refractivity contribution < 1.29 is 14.3 Å². The summed E-state index contributed by atoms with van der Waals surface area (Å²) in [5, 5.41) is 12.7. The fourth-order valence-electron chi connectivity index (χ4n) is 4.00. The molecule has 1 saturated heterocycles. The van der Waals surface area contributed by atoms with Crippen LogP contribution in [0.4, 0.5) is 5.82 Å². The molecule has 1 saturated carbocycles. The molecule has 0 spiro atoms. The minimum Gasteiger partial charge on any atom is -0.467 e. The van der Waals surface area contributed by atoms with Crippen LogP contribution in [0.25, 0.3) is 11.3 Å². The van der Waals surface area contributed by atoms with Gasteiger partial charge in [0, 0.05) is 30.3 Å². The molecule has 4 rings (SSSR count). The van der Waals surface area contributed by atoms with E-state index in [1.165, 1.54) is 12.0 Å². The maximum atomic E-state index is 11.3. The molecule has 0 radical (unpaired) electrons. The van der Waals surface area contributed by atoms with Crippen molar-refractivity contribution >= 4 is 12.1 Å². The molecule has 1 aromatic heterocycles. The molecule has 1 aliphatic heterocycles. The van der Waals surface area contributed by atoms with Gasteiger partial charge in [-0.1, -0.05) is 6.07 Å². The molecule has 2 fully saturated rings. The number of benzene rings is 1. The van der Waals surface area contributed by atoms with Crippen LogP contribution in [0.1, 0.15) is 54.4 Å². The molecule has 2 heterocycles. The van der Waals surface area contributed by atoms with Gasteiger partial charge in [0.2, 0.25) is 0 Å². The van der Waals surface area contributed by atoms with E-state index >= 15 is 0 Å². The number of carbonyl (C=O) groups excluding carboxylic acids is 1. The maximum absolute atomic E-state index is 11.3. The third-order valence-electron chi connectivity index (χ3n) is 5.72. The molecular formula is C23H30N4O3. The van der Waals surface area contributed by atoms with Gasteiger partial charge in [0.1, 0.15) is 23.5 Å². The summed E-state index contributed by atoms with van der Waals surface area (Å²) in [5.41, 5.74) is 3.43. The fraction of sp³-hybridized carbons (Fsp3) is 0.522. The number of likely N-dealkylation sites (N-methyl/N-ethyl adjacent to an activating group) is 1. The van der Waals surface area contributed by atoms with Crippen LogP contribution in [0.2, 0.25) is 0 Å². The number of ether oxygens (including phenoxy) is 2. The van der Waals surface area contributed by atoms with Gasteiger partial charge in [-0.2, -0.15) is 0 Å². The Morgan fingerprint density at radius 2 is 2.10 bits per heavy atom. The zero-order chi connectivity index (χ0) is 20.9. The molecule has 1 aliphatic carbocycles. The molecule has 2 aliphatic rings. The fourth-order valence-corrected chi connectivity index (χ4v) is 4.00. The number of likely N-dealkylation sites (tertiary alicyclic amines) is 1. The standard InChI is InChI=1S/C23H30N4O3/c1-3-29-15-30-21-11-16(14-28)6-9-19(21)23-20(17-7-8-17)12-22(25-26-23)24-18-5-4-10-27(2)13-18/h6,9,11-12,14,17-18H,3-5,7-8,10,13,15H2,1-2H3,(H,24,25)/t18-/m1/s1. The van der Waals surface area contributed by atoms with Crippen molar-refractivity contribution in [1.29, 1.82) is 0 Å². The van der Waals surface area contributed by atoms with Crippen molar-refractivity contribution in [3.63, 3.8) is 0 Å². The van der Waals surface area contributed by atoms with E-state index in [2.05, 4.69) is 33.5 Å². The highest BCUT2D eigenvalue weighted by Gasteiger charge is 2.29. The minimum absolute atomic E-state index is 0.132. The van der Waals surface area contributed by atoms with Gasteiger partial charge in [0.15, 0.2) is 6.79 Å². The quantitative estimate of drug-likeness (QED) is 0.384. The van der Waals surface area contributed by atoms with Crippen LogP contribution in [0.15, 0.2) is 24.3 Å². The minimum atomic E-state index is 0.132. The van der Waals surface area contributed by atoms with Gasteiger partial charge < -0.3 is 19.7 Å². The summed E-state index contributed by atoms with van der Waals surface area (Å²) in [5.74, 6) is 1.93. The van der Waals surface area contributed by atoms with Gasteiger partial charge in [-0.25, -0.2) is 0 Å². The number of piperidine rings is 1. The summed E-state index contributed by atoms with van der Waals surface area (Å²) < 4.78 is 11.2. The Morgan fingerprint density at radius 3 is 2.83 bits per heavy atom. The first-order chi connectivity index (χ1) is 14.7. The summed E-state index contributed by atoms with van der Waals surface area (Å²) in [6, 6.07) is 7.97. The van der Waals surface area contributed by atoms with Crippen LogP contribution < -0.4 is 10.1 Å². The number of aromatic nitrogens is 2. The summed E-state index contributed by atoms with van der Waals surface area (Å²) in [6.45, 7) is 4.78. The predicted molar refractivity (Wildman–Crippen MR) is 116 cm³/mol. The highest BCUT2D eigenvalue weighted by Crippen LogP contribution is 2.45. The first kappa shape index (κ1) is 20.8. The number of nitrogens with zero attached hydrogens (tertiary/aromatic N) is 3. The van der Waals surface area contributed by atoms with Crippen molar-refractivity contribution in [2.45, 2.75) is 44.6 Å². The first-order valence-corrected chi connectivity index (χ1v) is 10.8. The molecule has 1 aromatic carbocycles. The van der Waals surface area contributed by atoms with Crippen LogP contribution in [0, 0.1) is 0 Å². The Morgan fingerprint density at radius 1 is 1.23 bits per heavy atom. The Kier molecular flexibility index (Phi) is 6.59. The van der Waals surface area contributed by atoms with Crippen LogP contribution >= 0.6 is 0 Å². The monoisotopic (exact) mass is 410 g/mol. The number of carbonyl (C=O) groups is 1. The summed E-state index contributed by atoms with van der Waals surface area (Å²) in [4.78, 5) is 13.6. The molecule has 7 nitrogen and oxygen atoms in total. The number of rotatable bonds is 9.